The highest BCUT2D eigenvalue weighted by molar-refractivity contribution is 14.1. The molecule has 5 nitrogen and oxygen atoms in total. The molecule has 1 unspecified atom stereocenters. The molecule has 2 aromatic rings. The van der Waals surface area contributed by atoms with Crippen LogP contribution in [0.2, 0.25) is 0 Å². The molecule has 7 heteroatoms. The molecule has 1 fully saturated rings. The van der Waals surface area contributed by atoms with E-state index in [9.17, 15) is 14.4 Å². The number of hydrogen-bond donors (Lipinski definition) is 0. The number of rotatable bonds is 4. The van der Waals surface area contributed by atoms with Crippen LogP contribution in [0.1, 0.15) is 18.2 Å². The molecule has 1 aliphatic rings. The summed E-state index contributed by atoms with van der Waals surface area (Å²) in [5, 5.41) is 1.92. The molecule has 3 amide bonds. The van der Waals surface area contributed by atoms with Crippen LogP contribution in [0.4, 0.5) is 5.69 Å². The maximum atomic E-state index is 12.8. The molecule has 0 N–H and O–H groups in total. The maximum Gasteiger partial charge on any atom is 0.257 e. The lowest BCUT2D eigenvalue weighted by molar-refractivity contribution is -0.137. The normalized spacial score (nSPS) is 17.4. The van der Waals surface area contributed by atoms with Gasteiger partial charge in [0.15, 0.2) is 0 Å². The van der Waals surface area contributed by atoms with E-state index in [4.69, 9.17) is 0 Å². The van der Waals surface area contributed by atoms with Crippen LogP contribution in [0.15, 0.2) is 41.8 Å². The topological polar surface area (TPSA) is 57.7 Å². The summed E-state index contributed by atoms with van der Waals surface area (Å²) in [6, 6.07) is 10.3. The molecule has 124 valence electrons. The van der Waals surface area contributed by atoms with E-state index in [1.54, 1.807) is 12.1 Å². The van der Waals surface area contributed by atoms with E-state index in [1.165, 1.54) is 28.1 Å². The quantitative estimate of drug-likeness (QED) is 0.527. The first-order valence-electron chi connectivity index (χ1n) is 7.39. The second kappa shape index (κ2) is 7.02. The summed E-state index contributed by atoms with van der Waals surface area (Å²) in [6.45, 7) is 1.77. The minimum Gasteiger partial charge on any atom is -0.325 e. The number of hydrogen-bond acceptors (Lipinski definition) is 4. The first-order chi connectivity index (χ1) is 11.5. The van der Waals surface area contributed by atoms with Crippen molar-refractivity contribution in [3.63, 3.8) is 0 Å². The second-order valence-corrected chi connectivity index (χ2v) is 7.77. The van der Waals surface area contributed by atoms with Crippen molar-refractivity contribution in [2.24, 2.45) is 0 Å². The van der Waals surface area contributed by atoms with Crippen LogP contribution in [-0.2, 0) is 20.9 Å². The molecule has 1 aliphatic heterocycles. The fourth-order valence-electron chi connectivity index (χ4n) is 2.73. The number of amides is 3. The fourth-order valence-corrected chi connectivity index (χ4v) is 3.79. The van der Waals surface area contributed by atoms with Gasteiger partial charge in [0, 0.05) is 15.4 Å². The summed E-state index contributed by atoms with van der Waals surface area (Å²) in [5.74, 6) is -0.824. The zero-order valence-electron chi connectivity index (χ0n) is 12.9. The van der Waals surface area contributed by atoms with Gasteiger partial charge in [0.1, 0.15) is 6.04 Å². The lowest BCUT2D eigenvalue weighted by Crippen LogP contribution is -2.44. The van der Waals surface area contributed by atoms with Gasteiger partial charge in [0.2, 0.25) is 11.8 Å². The van der Waals surface area contributed by atoms with Gasteiger partial charge in [-0.25, -0.2) is 4.90 Å². The van der Waals surface area contributed by atoms with E-state index in [0.29, 0.717) is 12.2 Å². The average Bonchev–Trinajstić information content (AvgIpc) is 3.14. The highest BCUT2D eigenvalue weighted by atomic mass is 127. The zero-order valence-corrected chi connectivity index (χ0v) is 15.9. The van der Waals surface area contributed by atoms with Crippen LogP contribution in [0.25, 0.3) is 0 Å². The van der Waals surface area contributed by atoms with Gasteiger partial charge in [0.25, 0.3) is 5.91 Å². The smallest absolute Gasteiger partial charge is 0.257 e. The Bertz CT molecular complexity index is 774. The van der Waals surface area contributed by atoms with Crippen molar-refractivity contribution in [2.75, 3.05) is 4.90 Å². The number of benzene rings is 1. The molecule has 24 heavy (non-hydrogen) atoms. The van der Waals surface area contributed by atoms with Crippen molar-refractivity contribution in [1.29, 1.82) is 0 Å². The first kappa shape index (κ1) is 17.1. The summed E-state index contributed by atoms with van der Waals surface area (Å²) in [7, 11) is 0. The molecule has 1 saturated heterocycles. The van der Waals surface area contributed by atoms with Crippen molar-refractivity contribution in [3.8, 4) is 0 Å². The summed E-state index contributed by atoms with van der Waals surface area (Å²) in [4.78, 5) is 40.9. The Morgan fingerprint density at radius 2 is 2.00 bits per heavy atom. The van der Waals surface area contributed by atoms with E-state index in [1.807, 2.05) is 29.6 Å². The van der Waals surface area contributed by atoms with Crippen molar-refractivity contribution < 1.29 is 14.4 Å². The Labute approximate surface area is 157 Å². The Kier molecular flexibility index (Phi) is 5.00. The van der Waals surface area contributed by atoms with Crippen LogP contribution in [0.5, 0.6) is 0 Å². The fraction of sp³-hybridized carbons (Fsp3) is 0.235. The third-order valence-corrected chi connectivity index (χ3v) is 5.47. The molecule has 1 aromatic heterocycles. The van der Waals surface area contributed by atoms with E-state index in [2.05, 4.69) is 22.6 Å². The summed E-state index contributed by atoms with van der Waals surface area (Å²) >= 11 is 3.69. The van der Waals surface area contributed by atoms with Crippen molar-refractivity contribution in [2.45, 2.75) is 25.9 Å². The van der Waals surface area contributed by atoms with Crippen LogP contribution in [0, 0.1) is 3.57 Å². The predicted octanol–water partition coefficient (Wildman–Crippen LogP) is 3.03. The molecule has 3 rings (SSSR count). The van der Waals surface area contributed by atoms with Gasteiger partial charge < -0.3 is 4.90 Å². The molecule has 0 spiro atoms. The van der Waals surface area contributed by atoms with Crippen LogP contribution >= 0.6 is 33.9 Å². The third-order valence-electron chi connectivity index (χ3n) is 3.89. The molecule has 0 bridgehead atoms. The van der Waals surface area contributed by atoms with Crippen molar-refractivity contribution in [1.82, 2.24) is 4.90 Å². The third kappa shape index (κ3) is 3.36. The second-order valence-electron chi connectivity index (χ2n) is 5.49. The number of nitrogens with zero attached hydrogens (tertiary/aromatic N) is 2. The van der Waals surface area contributed by atoms with Gasteiger partial charge in [-0.2, -0.15) is 0 Å². The molecular formula is C17H15IN2O3S. The van der Waals surface area contributed by atoms with Gasteiger partial charge in [-0.05, 0) is 58.3 Å². The number of carbonyl (C=O) groups is 3. The number of thiophene rings is 1. The van der Waals surface area contributed by atoms with Crippen LogP contribution in [-0.4, -0.2) is 28.7 Å². The van der Waals surface area contributed by atoms with Gasteiger partial charge in [-0.3, -0.25) is 14.4 Å². The largest absolute Gasteiger partial charge is 0.325 e. The van der Waals surface area contributed by atoms with Gasteiger partial charge in [-0.1, -0.05) is 6.07 Å². The lowest BCUT2D eigenvalue weighted by Gasteiger charge is -2.26. The highest BCUT2D eigenvalue weighted by Gasteiger charge is 2.43. The van der Waals surface area contributed by atoms with Crippen molar-refractivity contribution in [3.05, 3.63) is 50.2 Å². The Morgan fingerprint density at radius 3 is 2.58 bits per heavy atom. The number of imide groups is 1. The zero-order chi connectivity index (χ0) is 17.3. The molecule has 2 heterocycles. The Morgan fingerprint density at radius 1 is 1.29 bits per heavy atom. The van der Waals surface area contributed by atoms with E-state index < -0.39 is 6.04 Å². The molecule has 0 radical (unpaired) electrons. The molecule has 0 saturated carbocycles. The maximum absolute atomic E-state index is 12.8. The number of carbonyl (C=O) groups excluding carboxylic acids is 3. The van der Waals surface area contributed by atoms with E-state index in [-0.39, 0.29) is 24.1 Å². The minimum atomic E-state index is -0.739. The summed E-state index contributed by atoms with van der Waals surface area (Å²) in [5.41, 5.74) is 0.549. The summed E-state index contributed by atoms with van der Waals surface area (Å²) in [6.07, 6.45) is 0.0236. The van der Waals surface area contributed by atoms with Crippen LogP contribution < -0.4 is 4.90 Å². The molecule has 1 aromatic carbocycles. The SMILES string of the molecule is CC(=O)N(Cc1cccs1)C1CC(=O)N(c2ccc(I)cc2)C1=O. The van der Waals surface area contributed by atoms with E-state index >= 15 is 0 Å². The predicted molar refractivity (Wildman–Crippen MR) is 101 cm³/mol. The number of anilines is 1. The molecule has 1 atom stereocenters. The lowest BCUT2D eigenvalue weighted by atomic mass is 10.2. The molecular weight excluding hydrogens is 439 g/mol. The summed E-state index contributed by atoms with van der Waals surface area (Å²) < 4.78 is 1.02. The Hall–Kier alpha value is -1.74. The van der Waals surface area contributed by atoms with E-state index in [0.717, 1.165) is 8.45 Å². The van der Waals surface area contributed by atoms with Gasteiger partial charge in [-0.15, -0.1) is 11.3 Å². The highest BCUT2D eigenvalue weighted by Crippen LogP contribution is 2.27. The van der Waals surface area contributed by atoms with Crippen LogP contribution in [0.3, 0.4) is 0 Å². The van der Waals surface area contributed by atoms with Gasteiger partial charge >= 0.3 is 0 Å². The minimum absolute atomic E-state index is 0.0236. The monoisotopic (exact) mass is 454 g/mol. The van der Waals surface area contributed by atoms with Gasteiger partial charge in [0.05, 0.1) is 18.7 Å². The first-order valence-corrected chi connectivity index (χ1v) is 9.35. The number of halogens is 1. The Balaban J connectivity index is 1.86. The standard InChI is InChI=1S/C17H15IN2O3S/c1-11(21)19(10-14-3-2-8-24-14)15-9-16(22)20(17(15)23)13-6-4-12(18)5-7-13/h2-8,15H,9-10H2,1H3. The van der Waals surface area contributed by atoms with Crippen molar-refractivity contribution >= 4 is 57.3 Å². The average molecular weight is 454 g/mol. The molecule has 0 aliphatic carbocycles.